The molecule has 0 saturated carbocycles. The van der Waals surface area contributed by atoms with Crippen molar-refractivity contribution in [1.29, 1.82) is 0 Å². The lowest BCUT2D eigenvalue weighted by molar-refractivity contribution is -0.137. The summed E-state index contributed by atoms with van der Waals surface area (Å²) < 4.78 is 5.57. The van der Waals surface area contributed by atoms with Crippen molar-refractivity contribution in [3.05, 3.63) is 0 Å². The van der Waals surface area contributed by atoms with Gasteiger partial charge in [0, 0.05) is 26.2 Å². The molecule has 1 aliphatic heterocycles. The number of urea groups is 1. The van der Waals surface area contributed by atoms with E-state index in [-0.39, 0.29) is 31.2 Å². The molecule has 2 atom stereocenters. The molecule has 1 saturated heterocycles. The Kier molecular flexibility index (Phi) is 5.40. The minimum absolute atomic E-state index is 0.0188. The first-order valence-corrected chi connectivity index (χ1v) is 6.35. The second kappa shape index (κ2) is 6.58. The molecule has 1 rings (SSSR count). The number of carboxylic acid groups (broad SMARTS) is 1. The van der Waals surface area contributed by atoms with Gasteiger partial charge in [-0.1, -0.05) is 0 Å². The predicted octanol–water partition coefficient (Wildman–Crippen LogP) is 1.01. The summed E-state index contributed by atoms with van der Waals surface area (Å²) >= 11 is 0. The summed E-state index contributed by atoms with van der Waals surface area (Å²) in [6.45, 7) is 7.62. The van der Waals surface area contributed by atoms with Crippen LogP contribution in [0.5, 0.6) is 0 Å². The van der Waals surface area contributed by atoms with E-state index in [2.05, 4.69) is 0 Å². The Balaban J connectivity index is 2.56. The number of carbonyl (C=O) groups excluding carboxylic acids is 1. The lowest BCUT2D eigenvalue weighted by Crippen LogP contribution is -2.53. The summed E-state index contributed by atoms with van der Waals surface area (Å²) in [5.74, 6) is -0.884. The Hall–Kier alpha value is -1.30. The van der Waals surface area contributed by atoms with Crippen LogP contribution in [0.4, 0.5) is 4.79 Å². The van der Waals surface area contributed by atoms with Crippen molar-refractivity contribution < 1.29 is 19.4 Å². The summed E-state index contributed by atoms with van der Waals surface area (Å²) in [6, 6.07) is -0.0965. The summed E-state index contributed by atoms with van der Waals surface area (Å²) in [7, 11) is 0. The van der Waals surface area contributed by atoms with E-state index in [4.69, 9.17) is 9.84 Å². The molecular formula is C12H22N2O4. The Morgan fingerprint density at radius 2 is 1.89 bits per heavy atom. The van der Waals surface area contributed by atoms with Gasteiger partial charge in [0.05, 0.1) is 18.6 Å². The molecule has 0 spiro atoms. The number of morpholine rings is 1. The van der Waals surface area contributed by atoms with Crippen LogP contribution in [-0.4, -0.2) is 65.3 Å². The predicted molar refractivity (Wildman–Crippen MR) is 66.5 cm³/mol. The molecule has 1 N–H and O–H groups in total. The molecule has 6 heteroatoms. The largest absolute Gasteiger partial charge is 0.481 e. The molecule has 0 aromatic heterocycles. The number of hydrogen-bond donors (Lipinski definition) is 1. The molecule has 1 fully saturated rings. The summed E-state index contributed by atoms with van der Waals surface area (Å²) in [6.07, 6.45) is 0.0291. The zero-order valence-corrected chi connectivity index (χ0v) is 11.3. The number of hydrogen-bond acceptors (Lipinski definition) is 3. The standard InChI is InChI=1S/C12H22N2O4/c1-4-13(6-5-11(15)16)12(17)14-7-9(2)18-10(3)8-14/h9-10H,4-8H2,1-3H3,(H,15,16)/t9-,10+. The lowest BCUT2D eigenvalue weighted by Gasteiger charge is -2.38. The molecule has 0 aliphatic carbocycles. The van der Waals surface area contributed by atoms with Gasteiger partial charge in [-0.05, 0) is 20.8 Å². The highest BCUT2D eigenvalue weighted by atomic mass is 16.5. The van der Waals surface area contributed by atoms with Gasteiger partial charge in [-0.25, -0.2) is 4.79 Å². The fourth-order valence-corrected chi connectivity index (χ4v) is 2.15. The zero-order chi connectivity index (χ0) is 13.7. The summed E-state index contributed by atoms with van der Waals surface area (Å²) in [5.41, 5.74) is 0. The smallest absolute Gasteiger partial charge is 0.320 e. The maximum absolute atomic E-state index is 12.2. The SMILES string of the molecule is CCN(CCC(=O)O)C(=O)N1C[C@@H](C)O[C@@H](C)C1. The molecule has 1 aliphatic rings. The molecule has 0 aromatic carbocycles. The van der Waals surface area contributed by atoms with Crippen molar-refractivity contribution in [3.8, 4) is 0 Å². The third kappa shape index (κ3) is 4.18. The molecule has 104 valence electrons. The Morgan fingerprint density at radius 3 is 2.33 bits per heavy atom. The molecule has 1 heterocycles. The average Bonchev–Trinajstić information content (AvgIpc) is 2.27. The van der Waals surface area contributed by atoms with Crippen molar-refractivity contribution in [2.75, 3.05) is 26.2 Å². The third-order valence-corrected chi connectivity index (χ3v) is 2.94. The van der Waals surface area contributed by atoms with Gasteiger partial charge in [-0.3, -0.25) is 4.79 Å². The van der Waals surface area contributed by atoms with Gasteiger partial charge in [0.1, 0.15) is 0 Å². The van der Waals surface area contributed by atoms with Crippen LogP contribution in [0.3, 0.4) is 0 Å². The van der Waals surface area contributed by atoms with Gasteiger partial charge in [0.2, 0.25) is 0 Å². The van der Waals surface area contributed by atoms with Gasteiger partial charge >= 0.3 is 12.0 Å². The second-order valence-corrected chi connectivity index (χ2v) is 4.67. The van der Waals surface area contributed by atoms with Gasteiger partial charge in [-0.15, -0.1) is 0 Å². The van der Waals surface area contributed by atoms with E-state index in [1.807, 2.05) is 20.8 Å². The van der Waals surface area contributed by atoms with Gasteiger partial charge in [0.25, 0.3) is 0 Å². The average molecular weight is 258 g/mol. The summed E-state index contributed by atoms with van der Waals surface area (Å²) in [4.78, 5) is 26.1. The number of ether oxygens (including phenoxy) is 1. The van der Waals surface area contributed by atoms with Crippen LogP contribution in [0.1, 0.15) is 27.2 Å². The van der Waals surface area contributed by atoms with Gasteiger partial charge in [-0.2, -0.15) is 0 Å². The van der Waals surface area contributed by atoms with E-state index in [9.17, 15) is 9.59 Å². The minimum atomic E-state index is -0.884. The van der Waals surface area contributed by atoms with E-state index in [1.165, 1.54) is 0 Å². The van der Waals surface area contributed by atoms with Crippen molar-refractivity contribution in [2.45, 2.75) is 39.4 Å². The topological polar surface area (TPSA) is 70.1 Å². The Labute approximate surface area is 107 Å². The highest BCUT2D eigenvalue weighted by molar-refractivity contribution is 5.75. The van der Waals surface area contributed by atoms with Crippen LogP contribution in [0.25, 0.3) is 0 Å². The number of carbonyl (C=O) groups is 2. The van der Waals surface area contributed by atoms with Gasteiger partial charge < -0.3 is 19.6 Å². The third-order valence-electron chi connectivity index (χ3n) is 2.94. The van der Waals surface area contributed by atoms with E-state index < -0.39 is 5.97 Å². The fraction of sp³-hybridized carbons (Fsp3) is 0.833. The number of nitrogens with zero attached hydrogens (tertiary/aromatic N) is 2. The van der Waals surface area contributed by atoms with Crippen molar-refractivity contribution >= 4 is 12.0 Å². The van der Waals surface area contributed by atoms with Crippen LogP contribution in [0, 0.1) is 0 Å². The van der Waals surface area contributed by atoms with Crippen molar-refractivity contribution in [1.82, 2.24) is 9.80 Å². The molecule has 18 heavy (non-hydrogen) atoms. The molecule has 0 bridgehead atoms. The zero-order valence-electron chi connectivity index (χ0n) is 11.3. The normalized spacial score (nSPS) is 23.8. The quantitative estimate of drug-likeness (QED) is 0.817. The molecule has 0 aromatic rings. The van der Waals surface area contributed by atoms with Crippen LogP contribution < -0.4 is 0 Å². The first kappa shape index (κ1) is 14.8. The molecule has 2 amide bonds. The fourth-order valence-electron chi connectivity index (χ4n) is 2.15. The van der Waals surface area contributed by atoms with Crippen LogP contribution in [-0.2, 0) is 9.53 Å². The van der Waals surface area contributed by atoms with Crippen molar-refractivity contribution in [3.63, 3.8) is 0 Å². The monoisotopic (exact) mass is 258 g/mol. The second-order valence-electron chi connectivity index (χ2n) is 4.67. The molecule has 0 unspecified atom stereocenters. The molecule has 0 radical (unpaired) electrons. The minimum Gasteiger partial charge on any atom is -0.481 e. The summed E-state index contributed by atoms with van der Waals surface area (Å²) in [5, 5.41) is 8.66. The number of amides is 2. The van der Waals surface area contributed by atoms with Crippen LogP contribution in [0.15, 0.2) is 0 Å². The van der Waals surface area contributed by atoms with E-state index in [0.29, 0.717) is 19.6 Å². The number of carboxylic acids is 1. The van der Waals surface area contributed by atoms with Crippen LogP contribution >= 0.6 is 0 Å². The highest BCUT2D eigenvalue weighted by Crippen LogP contribution is 2.13. The Bertz CT molecular complexity index is 298. The van der Waals surface area contributed by atoms with Crippen LogP contribution in [0.2, 0.25) is 0 Å². The lowest BCUT2D eigenvalue weighted by atomic mass is 10.2. The molecular weight excluding hydrogens is 236 g/mol. The highest BCUT2D eigenvalue weighted by Gasteiger charge is 2.28. The maximum Gasteiger partial charge on any atom is 0.320 e. The maximum atomic E-state index is 12.2. The number of rotatable bonds is 4. The van der Waals surface area contributed by atoms with E-state index >= 15 is 0 Å². The van der Waals surface area contributed by atoms with Gasteiger partial charge in [0.15, 0.2) is 0 Å². The number of aliphatic carboxylic acids is 1. The first-order valence-electron chi connectivity index (χ1n) is 6.35. The van der Waals surface area contributed by atoms with E-state index in [0.717, 1.165) is 0 Å². The van der Waals surface area contributed by atoms with E-state index in [1.54, 1.807) is 9.80 Å². The Morgan fingerprint density at radius 1 is 1.33 bits per heavy atom. The van der Waals surface area contributed by atoms with Crippen molar-refractivity contribution in [2.24, 2.45) is 0 Å². The first-order chi connectivity index (χ1) is 8.43. The molecule has 6 nitrogen and oxygen atoms in total.